The Balaban J connectivity index is 0.000000235. The number of benzene rings is 7. The highest BCUT2D eigenvalue weighted by molar-refractivity contribution is 6.31. The average molecular weight is 1310 g/mol. The molecule has 7 aromatic carbocycles. The molecule has 0 saturated heterocycles. The first kappa shape index (κ1) is 80.5. The van der Waals surface area contributed by atoms with E-state index in [0.29, 0.717) is 65.7 Å². The summed E-state index contributed by atoms with van der Waals surface area (Å²) in [5, 5.41) is 31.6. The number of aliphatic hydroxyl groups is 3. The summed E-state index contributed by atoms with van der Waals surface area (Å²) in [4.78, 5) is 0. The lowest BCUT2D eigenvalue weighted by atomic mass is 9.73. The largest absolute Gasteiger partial charge is 0.496 e. The lowest BCUT2D eigenvalue weighted by Crippen LogP contribution is -2.34. The van der Waals surface area contributed by atoms with Gasteiger partial charge in [-0.25, -0.2) is 4.39 Å². The first-order chi connectivity index (χ1) is 44.1. The van der Waals surface area contributed by atoms with Crippen LogP contribution in [-0.2, 0) is 16.8 Å². The van der Waals surface area contributed by atoms with Crippen LogP contribution in [0, 0.1) is 46.4 Å². The maximum absolute atomic E-state index is 13.8. The molecule has 0 amide bonds. The molecule has 0 heterocycles. The monoisotopic (exact) mass is 1300 g/mol. The van der Waals surface area contributed by atoms with Gasteiger partial charge in [0, 0.05) is 16.1 Å². The highest BCUT2D eigenvalue weighted by Crippen LogP contribution is 2.46. The lowest BCUT2D eigenvalue weighted by molar-refractivity contribution is -0.0418. The molecule has 6 nitrogen and oxygen atoms in total. The molecule has 3 aliphatic carbocycles. The van der Waals surface area contributed by atoms with Gasteiger partial charge in [-0.05, 0) is 248 Å². The maximum Gasteiger partial charge on any atom is 0.129 e. The predicted molar refractivity (Wildman–Crippen MR) is 399 cm³/mol. The highest BCUT2D eigenvalue weighted by Gasteiger charge is 2.40. The van der Waals surface area contributed by atoms with Gasteiger partial charge in [-0.3, -0.25) is 0 Å². The Morgan fingerprint density at radius 2 is 0.702 bits per heavy atom. The van der Waals surface area contributed by atoms with Crippen molar-refractivity contribution in [3.05, 3.63) is 228 Å². The molecule has 10 rings (SSSR count). The van der Waals surface area contributed by atoms with E-state index >= 15 is 0 Å². The van der Waals surface area contributed by atoms with Crippen LogP contribution < -0.4 is 14.2 Å². The summed E-state index contributed by atoms with van der Waals surface area (Å²) in [6.45, 7) is 46.0. The zero-order chi connectivity index (χ0) is 70.4. The zero-order valence-corrected chi connectivity index (χ0v) is 63.0. The van der Waals surface area contributed by atoms with Crippen molar-refractivity contribution < 1.29 is 33.9 Å². The van der Waals surface area contributed by atoms with Gasteiger partial charge in [-0.15, -0.1) is 0 Å². The quantitative estimate of drug-likeness (QED) is 0.0948. The van der Waals surface area contributed by atoms with E-state index < -0.39 is 16.8 Å². The average Bonchev–Trinajstić information content (AvgIpc) is 0.794. The molecule has 3 aliphatic rings. The summed E-state index contributed by atoms with van der Waals surface area (Å²) in [5.74, 6) is 6.86. The molecule has 0 bridgehead atoms. The Morgan fingerprint density at radius 1 is 0.362 bits per heavy atom. The Kier molecular flexibility index (Phi) is 32.1. The molecule has 0 unspecified atom stereocenters. The first-order valence-electron chi connectivity index (χ1n) is 35.1. The van der Waals surface area contributed by atoms with Crippen LogP contribution >= 0.6 is 11.6 Å². The summed E-state index contributed by atoms with van der Waals surface area (Å²) < 4.78 is 29.9. The van der Waals surface area contributed by atoms with Crippen molar-refractivity contribution in [2.24, 2.45) is 5.92 Å². The van der Waals surface area contributed by atoms with Gasteiger partial charge in [0.25, 0.3) is 0 Å². The van der Waals surface area contributed by atoms with Crippen molar-refractivity contribution in [3.63, 3.8) is 0 Å². The van der Waals surface area contributed by atoms with Crippen molar-refractivity contribution in [3.8, 4) is 17.2 Å². The number of methoxy groups -OCH3 is 2. The third kappa shape index (κ3) is 24.0. The van der Waals surface area contributed by atoms with Crippen molar-refractivity contribution in [1.29, 1.82) is 0 Å². The van der Waals surface area contributed by atoms with E-state index in [1.165, 1.54) is 55.6 Å². The fourth-order valence-electron chi connectivity index (χ4n) is 11.2. The normalized spacial score (nSPS) is 14.6. The first-order valence-corrected chi connectivity index (χ1v) is 35.4. The van der Waals surface area contributed by atoms with Crippen molar-refractivity contribution in [1.82, 2.24) is 0 Å². The van der Waals surface area contributed by atoms with E-state index in [1.807, 2.05) is 45.0 Å². The van der Waals surface area contributed by atoms with E-state index in [1.54, 1.807) is 26.4 Å². The van der Waals surface area contributed by atoms with Gasteiger partial charge in [0.15, 0.2) is 0 Å². The van der Waals surface area contributed by atoms with Crippen molar-refractivity contribution >= 4 is 11.6 Å². The summed E-state index contributed by atoms with van der Waals surface area (Å²) in [5.41, 5.74) is 16.0. The second-order valence-electron chi connectivity index (χ2n) is 29.4. The summed E-state index contributed by atoms with van der Waals surface area (Å²) in [6, 6.07) is 45.5. The number of hydrogen-bond acceptors (Lipinski definition) is 6. The van der Waals surface area contributed by atoms with E-state index in [0.717, 1.165) is 96.1 Å². The Morgan fingerprint density at radius 3 is 1.07 bits per heavy atom. The standard InChI is InChI=1S/C14H20O2.C14H20O.C13H17FO.C13H20O.C11H16O.C11H16.C10H13Cl/c1-10(2)11-5-6-12(13(9-11)16-3)14(15)7-4-8-14;1-10(2)12-5-6-13(11(3)9-12)14(15)7-4-8-14;1-9(2)10-4-5-11(12(14)8-10)13(15)6-3-7-13;1-10(2)9-14-13-7-5-12(6-8-13)11(3)4;1-8(2)10-5-6-11(12-4)9(3)7-10;1-8(2)11-6-5-9(3)10(4)7-11;1-7(2)9-5-4-8(3)10(11)6-9/h5-6,9-10,15H,4,7-8H2,1-3H3;5-6,9-10,15H,4,7-8H2,1-3H3;4-5,8-9,15H,3,6-7H2,1-2H3;5-8,10-11H,9H2,1-4H3;5-8H,1-4H3;5-8H,1-4H3;4-7H,1-3H3. The molecular formula is C86H122ClFO6. The van der Waals surface area contributed by atoms with Gasteiger partial charge < -0.3 is 29.5 Å². The minimum Gasteiger partial charge on any atom is -0.496 e. The number of halogens is 2. The van der Waals surface area contributed by atoms with Gasteiger partial charge >= 0.3 is 0 Å². The number of ether oxygens (including phenoxy) is 3. The summed E-state index contributed by atoms with van der Waals surface area (Å²) in [6.07, 6.45) is 8.17. The van der Waals surface area contributed by atoms with Gasteiger partial charge in [0.1, 0.15) is 23.1 Å². The number of hydrogen-bond donors (Lipinski definition) is 3. The second-order valence-corrected chi connectivity index (χ2v) is 29.8. The molecule has 3 N–H and O–H groups in total. The molecule has 3 fully saturated rings. The topological polar surface area (TPSA) is 88.4 Å². The zero-order valence-electron chi connectivity index (χ0n) is 62.2. The molecule has 0 spiro atoms. The Labute approximate surface area is 575 Å². The maximum atomic E-state index is 13.8. The van der Waals surface area contributed by atoms with Crippen LogP contribution in [0.15, 0.2) is 133 Å². The Bertz CT molecular complexity index is 3270. The summed E-state index contributed by atoms with van der Waals surface area (Å²) in [7, 11) is 3.38. The third-order valence-corrected chi connectivity index (χ3v) is 19.2. The van der Waals surface area contributed by atoms with Crippen LogP contribution in [0.3, 0.4) is 0 Å². The molecule has 0 aliphatic heterocycles. The molecule has 0 atom stereocenters. The minimum absolute atomic E-state index is 0.261. The highest BCUT2D eigenvalue weighted by atomic mass is 35.5. The third-order valence-electron chi connectivity index (χ3n) is 18.8. The van der Waals surface area contributed by atoms with Gasteiger partial charge in [-0.1, -0.05) is 219 Å². The van der Waals surface area contributed by atoms with Crippen molar-refractivity contribution in [2.45, 2.75) is 261 Å². The molecule has 516 valence electrons. The minimum atomic E-state index is -0.889. The molecule has 7 aromatic rings. The fourth-order valence-corrected chi connectivity index (χ4v) is 11.4. The van der Waals surface area contributed by atoms with Gasteiger partial charge in [0.2, 0.25) is 0 Å². The lowest BCUT2D eigenvalue weighted by Gasteiger charge is -2.38. The molecule has 0 aromatic heterocycles. The Hall–Kier alpha value is -5.96. The molecule has 0 radical (unpaired) electrons. The second kappa shape index (κ2) is 37.5. The molecule has 8 heteroatoms. The number of aryl methyl sites for hydroxylation is 5. The molecular weight excluding hydrogens is 1180 g/mol. The van der Waals surface area contributed by atoms with Gasteiger partial charge in [-0.2, -0.15) is 0 Å². The van der Waals surface area contributed by atoms with Crippen LogP contribution in [0.25, 0.3) is 0 Å². The van der Waals surface area contributed by atoms with Crippen LogP contribution in [0.1, 0.15) is 293 Å². The number of rotatable bonds is 15. The summed E-state index contributed by atoms with van der Waals surface area (Å²) >= 11 is 5.96. The van der Waals surface area contributed by atoms with E-state index in [9.17, 15) is 19.7 Å². The van der Waals surface area contributed by atoms with Crippen molar-refractivity contribution in [2.75, 3.05) is 20.8 Å². The SMILES string of the molecule is CC(C)COc1ccc(C(C)C)cc1.CC(C)c1ccc(C2(O)CCC2)c(F)c1.COc1cc(C(C)C)ccc1C1(O)CCC1.COc1ccc(C(C)C)cc1C.Cc1cc(C(C)C)ccc1C1(O)CCC1.Cc1ccc(C(C)C)cc1C.Cc1ccc(C(C)C)cc1Cl. The van der Waals surface area contributed by atoms with Crippen LogP contribution in [0.2, 0.25) is 5.02 Å². The van der Waals surface area contributed by atoms with Crippen LogP contribution in [0.5, 0.6) is 17.2 Å². The van der Waals surface area contributed by atoms with Crippen LogP contribution in [0.4, 0.5) is 4.39 Å². The fraction of sp³-hybridized carbons (Fsp3) is 0.512. The predicted octanol–water partition coefficient (Wildman–Crippen LogP) is 24.2. The smallest absolute Gasteiger partial charge is 0.129 e. The van der Waals surface area contributed by atoms with E-state index in [2.05, 4.69) is 222 Å². The molecule has 94 heavy (non-hydrogen) atoms. The van der Waals surface area contributed by atoms with Gasteiger partial charge in [0.05, 0.1) is 37.6 Å². The van der Waals surface area contributed by atoms with E-state index in [4.69, 9.17) is 25.8 Å². The molecule has 3 saturated carbocycles. The van der Waals surface area contributed by atoms with E-state index in [-0.39, 0.29) is 5.82 Å². The van der Waals surface area contributed by atoms with Crippen LogP contribution in [-0.4, -0.2) is 36.1 Å².